The Balaban J connectivity index is 1.77. The summed E-state index contributed by atoms with van der Waals surface area (Å²) < 4.78 is 3.03. The smallest absolute Gasteiger partial charge is 0.0632 e. The molecule has 2 atom stereocenters. The largest absolute Gasteiger partial charge is 0.310 e. The molecule has 1 aromatic heterocycles. The molecule has 1 N–H and O–H groups in total. The van der Waals surface area contributed by atoms with E-state index in [0.717, 1.165) is 16.9 Å². The lowest BCUT2D eigenvalue weighted by atomic mass is 9.80. The Morgan fingerprint density at radius 1 is 1.56 bits per heavy atom. The molecule has 0 spiro atoms. The molecule has 1 heterocycles. The molecule has 2 rings (SSSR count). The van der Waals surface area contributed by atoms with Gasteiger partial charge >= 0.3 is 0 Å². The van der Waals surface area contributed by atoms with Crippen molar-refractivity contribution in [2.75, 3.05) is 0 Å². The molecular weight excluding hydrogens is 266 g/mol. The quantitative estimate of drug-likeness (QED) is 0.902. The van der Waals surface area contributed by atoms with Crippen LogP contribution in [-0.2, 0) is 6.54 Å². The van der Waals surface area contributed by atoms with Gasteiger partial charge in [0.05, 0.1) is 17.2 Å². The van der Waals surface area contributed by atoms with Gasteiger partial charge in [0.25, 0.3) is 0 Å². The van der Waals surface area contributed by atoms with Crippen LogP contribution in [0.1, 0.15) is 33.1 Å². The summed E-state index contributed by atoms with van der Waals surface area (Å²) in [6.45, 7) is 5.47. The molecule has 0 bridgehead atoms. The number of aromatic nitrogens is 2. The van der Waals surface area contributed by atoms with Crippen LogP contribution in [0.4, 0.5) is 0 Å². The summed E-state index contributed by atoms with van der Waals surface area (Å²) in [4.78, 5) is 0. The van der Waals surface area contributed by atoms with Crippen LogP contribution in [0.25, 0.3) is 0 Å². The fourth-order valence-electron chi connectivity index (χ4n) is 2.30. The first kappa shape index (κ1) is 12.1. The molecule has 1 aliphatic rings. The van der Waals surface area contributed by atoms with Crippen molar-refractivity contribution in [1.29, 1.82) is 0 Å². The lowest BCUT2D eigenvalue weighted by molar-refractivity contribution is 0.223. The number of nitrogens with zero attached hydrogens (tertiary/aromatic N) is 2. The highest BCUT2D eigenvalue weighted by Gasteiger charge is 2.24. The molecule has 1 saturated carbocycles. The molecule has 0 aliphatic heterocycles. The number of halogens is 1. The fourth-order valence-corrected chi connectivity index (χ4v) is 2.62. The zero-order valence-electron chi connectivity index (χ0n) is 9.99. The zero-order chi connectivity index (χ0) is 11.5. The standard InChI is InChI=1S/C12H20BrN3/c1-9(7-16-8-12(13)6-14-16)15-10(2)11-4-3-5-11/h6,8-11,15H,3-5,7H2,1-2H3. The van der Waals surface area contributed by atoms with Gasteiger partial charge in [-0.2, -0.15) is 5.10 Å². The Morgan fingerprint density at radius 3 is 2.81 bits per heavy atom. The SMILES string of the molecule is CC(Cn1cc(Br)cn1)NC(C)C1CCC1. The molecule has 0 radical (unpaired) electrons. The van der Waals surface area contributed by atoms with Crippen molar-refractivity contribution in [2.24, 2.45) is 5.92 Å². The predicted molar refractivity (Wildman–Crippen MR) is 69.3 cm³/mol. The summed E-state index contributed by atoms with van der Waals surface area (Å²) in [5.74, 6) is 0.895. The number of hydrogen-bond acceptors (Lipinski definition) is 2. The minimum absolute atomic E-state index is 0.474. The van der Waals surface area contributed by atoms with Crippen molar-refractivity contribution in [3.05, 3.63) is 16.9 Å². The second-order valence-electron chi connectivity index (χ2n) is 4.93. The van der Waals surface area contributed by atoms with Gasteiger partial charge in [0.15, 0.2) is 0 Å². The zero-order valence-corrected chi connectivity index (χ0v) is 11.6. The molecular formula is C12H20BrN3. The molecule has 2 unspecified atom stereocenters. The maximum Gasteiger partial charge on any atom is 0.0632 e. The molecule has 1 fully saturated rings. The number of hydrogen-bond donors (Lipinski definition) is 1. The van der Waals surface area contributed by atoms with Crippen molar-refractivity contribution in [2.45, 2.75) is 51.7 Å². The Labute approximate surface area is 106 Å². The molecule has 0 saturated heterocycles. The maximum absolute atomic E-state index is 4.27. The van der Waals surface area contributed by atoms with E-state index in [2.05, 4.69) is 40.2 Å². The highest BCUT2D eigenvalue weighted by molar-refractivity contribution is 9.10. The van der Waals surface area contributed by atoms with Crippen molar-refractivity contribution < 1.29 is 0 Å². The predicted octanol–water partition coefficient (Wildman–Crippen LogP) is 2.81. The molecule has 90 valence electrons. The van der Waals surface area contributed by atoms with Crippen LogP contribution in [0.15, 0.2) is 16.9 Å². The van der Waals surface area contributed by atoms with Gasteiger partial charge in [0, 0.05) is 18.3 Å². The third kappa shape index (κ3) is 3.08. The van der Waals surface area contributed by atoms with E-state index < -0.39 is 0 Å². The minimum atomic E-state index is 0.474. The Hall–Kier alpha value is -0.350. The summed E-state index contributed by atoms with van der Waals surface area (Å²) in [6.07, 6.45) is 8.06. The maximum atomic E-state index is 4.27. The highest BCUT2D eigenvalue weighted by Crippen LogP contribution is 2.29. The summed E-state index contributed by atoms with van der Waals surface area (Å²) in [5, 5.41) is 7.94. The third-order valence-electron chi connectivity index (χ3n) is 3.47. The summed E-state index contributed by atoms with van der Waals surface area (Å²) in [7, 11) is 0. The van der Waals surface area contributed by atoms with Gasteiger partial charge < -0.3 is 5.32 Å². The minimum Gasteiger partial charge on any atom is -0.310 e. The van der Waals surface area contributed by atoms with Gasteiger partial charge in [-0.15, -0.1) is 0 Å². The van der Waals surface area contributed by atoms with Crippen LogP contribution in [0.2, 0.25) is 0 Å². The van der Waals surface area contributed by atoms with Crippen LogP contribution >= 0.6 is 15.9 Å². The van der Waals surface area contributed by atoms with Gasteiger partial charge in [-0.05, 0) is 48.5 Å². The normalized spacial score (nSPS) is 20.4. The molecule has 0 aromatic carbocycles. The van der Waals surface area contributed by atoms with Gasteiger partial charge in [-0.25, -0.2) is 0 Å². The van der Waals surface area contributed by atoms with E-state index in [0.29, 0.717) is 12.1 Å². The second kappa shape index (κ2) is 5.32. The van der Waals surface area contributed by atoms with E-state index in [1.807, 2.05) is 17.1 Å². The lowest BCUT2D eigenvalue weighted by Crippen LogP contribution is -2.43. The van der Waals surface area contributed by atoms with Crippen molar-refractivity contribution in [3.8, 4) is 0 Å². The van der Waals surface area contributed by atoms with Gasteiger partial charge in [0.2, 0.25) is 0 Å². The first-order valence-electron chi connectivity index (χ1n) is 6.09. The van der Waals surface area contributed by atoms with Crippen LogP contribution in [0, 0.1) is 5.92 Å². The Morgan fingerprint density at radius 2 is 2.31 bits per heavy atom. The van der Waals surface area contributed by atoms with Crippen LogP contribution in [0.3, 0.4) is 0 Å². The van der Waals surface area contributed by atoms with Crippen LogP contribution in [0.5, 0.6) is 0 Å². The molecule has 3 nitrogen and oxygen atoms in total. The first-order chi connectivity index (χ1) is 7.65. The lowest BCUT2D eigenvalue weighted by Gasteiger charge is -2.33. The molecule has 1 aromatic rings. The van der Waals surface area contributed by atoms with Gasteiger partial charge in [-0.3, -0.25) is 4.68 Å². The first-order valence-corrected chi connectivity index (χ1v) is 6.88. The van der Waals surface area contributed by atoms with E-state index in [1.54, 1.807) is 0 Å². The van der Waals surface area contributed by atoms with E-state index in [-0.39, 0.29) is 0 Å². The van der Waals surface area contributed by atoms with E-state index in [4.69, 9.17) is 0 Å². The van der Waals surface area contributed by atoms with Gasteiger partial charge in [0.1, 0.15) is 0 Å². The second-order valence-corrected chi connectivity index (χ2v) is 5.84. The Kier molecular flexibility index (Phi) is 4.03. The highest BCUT2D eigenvalue weighted by atomic mass is 79.9. The van der Waals surface area contributed by atoms with Crippen molar-refractivity contribution >= 4 is 15.9 Å². The molecule has 4 heteroatoms. The van der Waals surface area contributed by atoms with Gasteiger partial charge in [-0.1, -0.05) is 6.42 Å². The average Bonchev–Trinajstić information content (AvgIpc) is 2.47. The Bertz CT molecular complexity index is 333. The van der Waals surface area contributed by atoms with Crippen molar-refractivity contribution in [3.63, 3.8) is 0 Å². The van der Waals surface area contributed by atoms with Crippen LogP contribution in [-0.4, -0.2) is 21.9 Å². The summed E-state index contributed by atoms with van der Waals surface area (Å²) >= 11 is 3.41. The van der Waals surface area contributed by atoms with Crippen molar-refractivity contribution in [1.82, 2.24) is 15.1 Å². The van der Waals surface area contributed by atoms with Crippen LogP contribution < -0.4 is 5.32 Å². The third-order valence-corrected chi connectivity index (χ3v) is 3.88. The monoisotopic (exact) mass is 285 g/mol. The summed E-state index contributed by atoms with van der Waals surface area (Å²) in [6, 6.07) is 1.12. The molecule has 0 amide bonds. The number of rotatable bonds is 5. The van der Waals surface area contributed by atoms with E-state index in [9.17, 15) is 0 Å². The topological polar surface area (TPSA) is 29.9 Å². The fraction of sp³-hybridized carbons (Fsp3) is 0.750. The molecule has 16 heavy (non-hydrogen) atoms. The average molecular weight is 286 g/mol. The summed E-state index contributed by atoms with van der Waals surface area (Å²) in [5.41, 5.74) is 0. The van der Waals surface area contributed by atoms with E-state index >= 15 is 0 Å². The number of nitrogens with one attached hydrogen (secondary N) is 1. The van der Waals surface area contributed by atoms with E-state index in [1.165, 1.54) is 19.3 Å². The molecule has 1 aliphatic carbocycles.